The summed E-state index contributed by atoms with van der Waals surface area (Å²) in [4.78, 5) is 0. The second-order valence-electron chi connectivity index (χ2n) is 6.21. The van der Waals surface area contributed by atoms with Crippen LogP contribution in [-0.2, 0) is 11.8 Å². The third-order valence-corrected chi connectivity index (χ3v) is 3.62. The summed E-state index contributed by atoms with van der Waals surface area (Å²) in [5, 5.41) is 0. The van der Waals surface area contributed by atoms with Gasteiger partial charge in [-0.3, -0.25) is 0 Å². The predicted octanol–water partition coefficient (Wildman–Crippen LogP) is 5.35. The molecule has 1 unspecified atom stereocenters. The summed E-state index contributed by atoms with van der Waals surface area (Å²) in [7, 11) is 0. The van der Waals surface area contributed by atoms with Crippen LogP contribution in [0.3, 0.4) is 0 Å². The fraction of sp³-hybridized carbons (Fsp3) is 0.647. The van der Waals surface area contributed by atoms with Gasteiger partial charge in [-0.05, 0) is 28.9 Å². The minimum absolute atomic E-state index is 0.270. The quantitative estimate of drug-likeness (QED) is 0.641. The maximum absolute atomic E-state index is 2.32. The Labute approximate surface area is 107 Å². The molecule has 1 aromatic carbocycles. The summed E-state index contributed by atoms with van der Waals surface area (Å²) in [5.74, 6) is 0.862. The van der Waals surface area contributed by atoms with Crippen molar-refractivity contribution in [2.75, 3.05) is 0 Å². The van der Waals surface area contributed by atoms with Gasteiger partial charge in [-0.1, -0.05) is 78.1 Å². The number of benzene rings is 1. The highest BCUT2D eigenvalue weighted by Crippen LogP contribution is 2.24. The standard InChI is InChI=1S/C17H28/c1-6-8-14(7-2)13-15-9-11-16(12-10-15)17(3,4)5/h9-12,14H,6-8,13H2,1-5H3. The molecule has 0 spiro atoms. The van der Waals surface area contributed by atoms with Crippen molar-refractivity contribution in [1.82, 2.24) is 0 Å². The molecule has 0 saturated heterocycles. The molecule has 1 rings (SSSR count). The molecule has 0 aromatic heterocycles. The maximum Gasteiger partial charge on any atom is -0.0132 e. The Morgan fingerprint density at radius 3 is 2.00 bits per heavy atom. The van der Waals surface area contributed by atoms with Gasteiger partial charge >= 0.3 is 0 Å². The molecule has 0 heterocycles. The van der Waals surface area contributed by atoms with Gasteiger partial charge in [0.05, 0.1) is 0 Å². The minimum atomic E-state index is 0.270. The molecule has 96 valence electrons. The molecule has 0 nitrogen and oxygen atoms in total. The van der Waals surface area contributed by atoms with Crippen molar-refractivity contribution in [2.24, 2.45) is 5.92 Å². The largest absolute Gasteiger partial charge is 0.0654 e. The van der Waals surface area contributed by atoms with E-state index in [1.54, 1.807) is 0 Å². The molecule has 0 fully saturated rings. The minimum Gasteiger partial charge on any atom is -0.0654 e. The van der Waals surface area contributed by atoms with Crippen molar-refractivity contribution in [3.8, 4) is 0 Å². The first-order valence-corrected chi connectivity index (χ1v) is 7.06. The molecule has 0 aliphatic heterocycles. The number of rotatable bonds is 5. The molecular formula is C17H28. The Bertz CT molecular complexity index is 313. The average molecular weight is 232 g/mol. The van der Waals surface area contributed by atoms with Crippen LogP contribution in [0.1, 0.15) is 65.0 Å². The Morgan fingerprint density at radius 2 is 1.59 bits per heavy atom. The van der Waals surface area contributed by atoms with Crippen LogP contribution >= 0.6 is 0 Å². The lowest BCUT2D eigenvalue weighted by atomic mass is 9.85. The molecule has 0 bridgehead atoms. The van der Waals surface area contributed by atoms with E-state index in [0.717, 1.165) is 5.92 Å². The van der Waals surface area contributed by atoms with E-state index in [0.29, 0.717) is 0 Å². The topological polar surface area (TPSA) is 0 Å². The van der Waals surface area contributed by atoms with Gasteiger partial charge in [0.2, 0.25) is 0 Å². The molecule has 0 N–H and O–H groups in total. The first-order chi connectivity index (χ1) is 7.97. The highest BCUT2D eigenvalue weighted by atomic mass is 14.2. The SMILES string of the molecule is CCCC(CC)Cc1ccc(C(C)(C)C)cc1. The summed E-state index contributed by atoms with van der Waals surface area (Å²) in [6.07, 6.45) is 5.21. The Morgan fingerprint density at radius 1 is 1.00 bits per heavy atom. The zero-order valence-electron chi connectivity index (χ0n) is 12.2. The summed E-state index contributed by atoms with van der Waals surface area (Å²) in [6.45, 7) is 11.4. The van der Waals surface area contributed by atoms with Gasteiger partial charge in [-0.15, -0.1) is 0 Å². The molecule has 0 aliphatic carbocycles. The van der Waals surface area contributed by atoms with Crippen LogP contribution in [0.15, 0.2) is 24.3 Å². The summed E-state index contributed by atoms with van der Waals surface area (Å²) < 4.78 is 0. The monoisotopic (exact) mass is 232 g/mol. The van der Waals surface area contributed by atoms with E-state index in [4.69, 9.17) is 0 Å². The van der Waals surface area contributed by atoms with Crippen molar-refractivity contribution in [3.63, 3.8) is 0 Å². The van der Waals surface area contributed by atoms with Gasteiger partial charge < -0.3 is 0 Å². The second kappa shape index (κ2) is 6.23. The Kier molecular flexibility index (Phi) is 5.24. The smallest absolute Gasteiger partial charge is 0.0132 e. The molecule has 0 radical (unpaired) electrons. The highest BCUT2D eigenvalue weighted by Gasteiger charge is 2.13. The fourth-order valence-corrected chi connectivity index (χ4v) is 2.33. The zero-order chi connectivity index (χ0) is 12.9. The fourth-order valence-electron chi connectivity index (χ4n) is 2.33. The van der Waals surface area contributed by atoms with Crippen LogP contribution in [0.5, 0.6) is 0 Å². The first-order valence-electron chi connectivity index (χ1n) is 7.06. The van der Waals surface area contributed by atoms with Crippen molar-refractivity contribution >= 4 is 0 Å². The molecule has 0 amide bonds. The summed E-state index contributed by atoms with van der Waals surface area (Å²) in [5.41, 5.74) is 3.20. The van der Waals surface area contributed by atoms with Crippen LogP contribution in [-0.4, -0.2) is 0 Å². The zero-order valence-corrected chi connectivity index (χ0v) is 12.2. The third kappa shape index (κ3) is 4.53. The van der Waals surface area contributed by atoms with Crippen LogP contribution in [0.2, 0.25) is 0 Å². The van der Waals surface area contributed by atoms with Gasteiger partial charge in [0, 0.05) is 0 Å². The predicted molar refractivity (Wildman–Crippen MR) is 77.5 cm³/mol. The normalized spacial score (nSPS) is 13.7. The van der Waals surface area contributed by atoms with Crippen molar-refractivity contribution < 1.29 is 0 Å². The molecule has 1 atom stereocenters. The van der Waals surface area contributed by atoms with Crippen LogP contribution in [0, 0.1) is 5.92 Å². The Balaban J connectivity index is 2.68. The lowest BCUT2D eigenvalue weighted by molar-refractivity contribution is 0.462. The van der Waals surface area contributed by atoms with Crippen molar-refractivity contribution in [2.45, 2.75) is 65.7 Å². The van der Waals surface area contributed by atoms with Crippen LogP contribution < -0.4 is 0 Å². The number of hydrogen-bond donors (Lipinski definition) is 0. The molecule has 1 aromatic rings. The molecule has 0 saturated carbocycles. The summed E-state index contributed by atoms with van der Waals surface area (Å²) in [6, 6.07) is 9.24. The third-order valence-electron chi connectivity index (χ3n) is 3.62. The molecule has 0 heteroatoms. The second-order valence-corrected chi connectivity index (χ2v) is 6.21. The molecular weight excluding hydrogens is 204 g/mol. The molecule has 0 aliphatic rings. The van der Waals surface area contributed by atoms with E-state index >= 15 is 0 Å². The van der Waals surface area contributed by atoms with Gasteiger partial charge in [-0.2, -0.15) is 0 Å². The van der Waals surface area contributed by atoms with Gasteiger partial charge in [-0.25, -0.2) is 0 Å². The Hall–Kier alpha value is -0.780. The maximum atomic E-state index is 2.32. The first kappa shape index (κ1) is 14.3. The van der Waals surface area contributed by atoms with Crippen LogP contribution in [0.4, 0.5) is 0 Å². The van der Waals surface area contributed by atoms with Gasteiger partial charge in [0.15, 0.2) is 0 Å². The molecule has 17 heavy (non-hydrogen) atoms. The lowest BCUT2D eigenvalue weighted by Gasteiger charge is -2.20. The van der Waals surface area contributed by atoms with E-state index in [1.807, 2.05) is 0 Å². The van der Waals surface area contributed by atoms with E-state index in [1.165, 1.54) is 36.8 Å². The van der Waals surface area contributed by atoms with Gasteiger partial charge in [0.1, 0.15) is 0 Å². The lowest BCUT2D eigenvalue weighted by Crippen LogP contribution is -2.11. The van der Waals surface area contributed by atoms with E-state index in [9.17, 15) is 0 Å². The van der Waals surface area contributed by atoms with E-state index in [-0.39, 0.29) is 5.41 Å². The van der Waals surface area contributed by atoms with E-state index in [2.05, 4.69) is 58.9 Å². The number of hydrogen-bond acceptors (Lipinski definition) is 0. The average Bonchev–Trinajstić information content (AvgIpc) is 2.28. The summed E-state index contributed by atoms with van der Waals surface area (Å²) >= 11 is 0. The van der Waals surface area contributed by atoms with Crippen LogP contribution in [0.25, 0.3) is 0 Å². The van der Waals surface area contributed by atoms with Gasteiger partial charge in [0.25, 0.3) is 0 Å². The van der Waals surface area contributed by atoms with E-state index < -0.39 is 0 Å². The van der Waals surface area contributed by atoms with Crippen molar-refractivity contribution in [1.29, 1.82) is 0 Å². The highest BCUT2D eigenvalue weighted by molar-refractivity contribution is 5.27. The van der Waals surface area contributed by atoms with Crippen molar-refractivity contribution in [3.05, 3.63) is 35.4 Å².